The molecule has 1 unspecified atom stereocenters. The smallest absolute Gasteiger partial charge is 0.271 e. The van der Waals surface area contributed by atoms with E-state index in [0.717, 1.165) is 19.5 Å². The van der Waals surface area contributed by atoms with Gasteiger partial charge >= 0.3 is 0 Å². The van der Waals surface area contributed by atoms with Crippen LogP contribution in [-0.2, 0) is 0 Å². The maximum atomic E-state index is 14.6. The molecule has 1 fully saturated rings. The Morgan fingerprint density at radius 3 is 2.70 bits per heavy atom. The van der Waals surface area contributed by atoms with Crippen LogP contribution in [0, 0.1) is 5.82 Å². The molecular weight excluding hydrogens is 381 g/mol. The van der Waals surface area contributed by atoms with Crippen molar-refractivity contribution < 1.29 is 9.13 Å². The van der Waals surface area contributed by atoms with Gasteiger partial charge in [-0.3, -0.25) is 4.79 Å². The van der Waals surface area contributed by atoms with Gasteiger partial charge in [0.1, 0.15) is 0 Å². The molecule has 1 aromatic heterocycles. The topological polar surface area (TPSA) is 47.4 Å². The van der Waals surface area contributed by atoms with Crippen molar-refractivity contribution in [1.82, 2.24) is 14.7 Å². The largest absolute Gasteiger partial charge is 0.490 e. The molecule has 3 aromatic rings. The van der Waals surface area contributed by atoms with E-state index in [-0.39, 0.29) is 11.3 Å². The van der Waals surface area contributed by atoms with E-state index in [0.29, 0.717) is 29.6 Å². The van der Waals surface area contributed by atoms with Gasteiger partial charge in [-0.05, 0) is 69.1 Å². The van der Waals surface area contributed by atoms with Gasteiger partial charge in [-0.1, -0.05) is 18.2 Å². The Bertz CT molecular complexity index is 1050. The van der Waals surface area contributed by atoms with E-state index in [2.05, 4.69) is 16.9 Å². The minimum Gasteiger partial charge on any atom is -0.490 e. The van der Waals surface area contributed by atoms with Gasteiger partial charge in [0.2, 0.25) is 0 Å². The van der Waals surface area contributed by atoms with Crippen molar-refractivity contribution in [2.45, 2.75) is 32.2 Å². The minimum absolute atomic E-state index is 0.238. The molecule has 1 aliphatic heterocycles. The molecule has 0 radical (unpaired) electrons. The summed E-state index contributed by atoms with van der Waals surface area (Å²) in [6, 6.07) is 17.6. The average molecular weight is 407 g/mol. The minimum atomic E-state index is -0.429. The summed E-state index contributed by atoms with van der Waals surface area (Å²) in [5, 5.41) is 4.40. The van der Waals surface area contributed by atoms with Crippen LogP contribution in [0.5, 0.6) is 5.75 Å². The van der Waals surface area contributed by atoms with Gasteiger partial charge in [0.05, 0.1) is 18.0 Å². The SMILES string of the molecule is CC1CCCN1CCCOc1ccc(-c2ccc(=O)n(-c3ccccc3)n2)cc1F. The van der Waals surface area contributed by atoms with Crippen molar-refractivity contribution in [2.24, 2.45) is 0 Å². The van der Waals surface area contributed by atoms with Gasteiger partial charge in [0.25, 0.3) is 5.56 Å². The predicted octanol–water partition coefficient (Wildman–Crippen LogP) is 4.29. The Hall–Kier alpha value is -2.99. The van der Waals surface area contributed by atoms with E-state index in [1.165, 1.54) is 29.7 Å². The third-order valence-electron chi connectivity index (χ3n) is 5.57. The van der Waals surface area contributed by atoms with Crippen molar-refractivity contribution in [3.05, 3.63) is 76.8 Å². The molecule has 6 heteroatoms. The lowest BCUT2D eigenvalue weighted by Crippen LogP contribution is -2.28. The first kappa shape index (κ1) is 20.3. The molecule has 5 nitrogen and oxygen atoms in total. The normalized spacial score (nSPS) is 16.7. The molecule has 156 valence electrons. The first-order valence-corrected chi connectivity index (χ1v) is 10.4. The molecule has 0 aliphatic carbocycles. The molecule has 0 amide bonds. The fourth-order valence-electron chi connectivity index (χ4n) is 3.87. The summed E-state index contributed by atoms with van der Waals surface area (Å²) in [7, 11) is 0. The highest BCUT2D eigenvalue weighted by molar-refractivity contribution is 5.60. The van der Waals surface area contributed by atoms with E-state index in [1.807, 2.05) is 18.2 Å². The van der Waals surface area contributed by atoms with Crippen LogP contribution < -0.4 is 10.3 Å². The van der Waals surface area contributed by atoms with Crippen molar-refractivity contribution in [1.29, 1.82) is 0 Å². The number of hydrogen-bond donors (Lipinski definition) is 0. The van der Waals surface area contributed by atoms with Crippen LogP contribution in [0.2, 0.25) is 0 Å². The van der Waals surface area contributed by atoms with Gasteiger partial charge in [0, 0.05) is 24.2 Å². The lowest BCUT2D eigenvalue weighted by molar-refractivity contribution is 0.226. The van der Waals surface area contributed by atoms with Crippen LogP contribution >= 0.6 is 0 Å². The van der Waals surface area contributed by atoms with E-state index in [4.69, 9.17) is 4.74 Å². The molecule has 2 aromatic carbocycles. The summed E-state index contributed by atoms with van der Waals surface area (Å²) in [5.74, 6) is -0.189. The van der Waals surface area contributed by atoms with E-state index in [9.17, 15) is 9.18 Å². The Morgan fingerprint density at radius 2 is 1.97 bits per heavy atom. The molecule has 1 aliphatic rings. The zero-order valence-corrected chi connectivity index (χ0v) is 17.1. The van der Waals surface area contributed by atoms with Gasteiger partial charge in [-0.15, -0.1) is 0 Å². The molecule has 0 bridgehead atoms. The Kier molecular flexibility index (Phi) is 6.23. The molecule has 30 heavy (non-hydrogen) atoms. The molecule has 1 atom stereocenters. The van der Waals surface area contributed by atoms with Gasteiger partial charge in [-0.2, -0.15) is 9.78 Å². The lowest BCUT2D eigenvalue weighted by atomic mass is 10.1. The summed E-state index contributed by atoms with van der Waals surface area (Å²) < 4.78 is 21.6. The van der Waals surface area contributed by atoms with Gasteiger partial charge in [-0.25, -0.2) is 4.39 Å². The number of para-hydroxylation sites is 1. The van der Waals surface area contributed by atoms with Crippen LogP contribution in [0.1, 0.15) is 26.2 Å². The fraction of sp³-hybridized carbons (Fsp3) is 0.333. The number of likely N-dealkylation sites (tertiary alicyclic amines) is 1. The highest BCUT2D eigenvalue weighted by Crippen LogP contribution is 2.24. The highest BCUT2D eigenvalue weighted by Gasteiger charge is 2.19. The highest BCUT2D eigenvalue weighted by atomic mass is 19.1. The zero-order valence-electron chi connectivity index (χ0n) is 17.1. The maximum absolute atomic E-state index is 14.6. The first-order valence-electron chi connectivity index (χ1n) is 10.4. The van der Waals surface area contributed by atoms with Crippen LogP contribution in [0.15, 0.2) is 65.5 Å². The third-order valence-corrected chi connectivity index (χ3v) is 5.57. The quantitative estimate of drug-likeness (QED) is 0.548. The number of benzene rings is 2. The van der Waals surface area contributed by atoms with Crippen molar-refractivity contribution in [2.75, 3.05) is 19.7 Å². The summed E-state index contributed by atoms with van der Waals surface area (Å²) in [6.07, 6.45) is 3.38. The molecule has 4 rings (SSSR count). The lowest BCUT2D eigenvalue weighted by Gasteiger charge is -2.20. The summed E-state index contributed by atoms with van der Waals surface area (Å²) in [5.41, 5.74) is 1.54. The van der Waals surface area contributed by atoms with E-state index in [1.54, 1.807) is 30.3 Å². The third kappa shape index (κ3) is 4.60. The predicted molar refractivity (Wildman–Crippen MR) is 116 cm³/mol. The average Bonchev–Trinajstić information content (AvgIpc) is 3.18. The van der Waals surface area contributed by atoms with Crippen molar-refractivity contribution in [3.8, 4) is 22.7 Å². The number of rotatable bonds is 7. The molecule has 0 N–H and O–H groups in total. The zero-order chi connectivity index (χ0) is 20.9. The Labute approximate surface area is 175 Å². The number of halogens is 1. The maximum Gasteiger partial charge on any atom is 0.271 e. The number of ether oxygens (including phenoxy) is 1. The van der Waals surface area contributed by atoms with Crippen LogP contribution in [0.25, 0.3) is 16.9 Å². The second-order valence-corrected chi connectivity index (χ2v) is 7.68. The summed E-state index contributed by atoms with van der Waals surface area (Å²) >= 11 is 0. The number of aromatic nitrogens is 2. The van der Waals surface area contributed by atoms with Crippen LogP contribution in [0.3, 0.4) is 0 Å². The first-order chi connectivity index (χ1) is 14.6. The second kappa shape index (κ2) is 9.22. The van der Waals surface area contributed by atoms with Gasteiger partial charge < -0.3 is 9.64 Å². The van der Waals surface area contributed by atoms with Gasteiger partial charge in [0.15, 0.2) is 11.6 Å². The molecule has 0 spiro atoms. The van der Waals surface area contributed by atoms with Crippen LogP contribution in [0.4, 0.5) is 4.39 Å². The second-order valence-electron chi connectivity index (χ2n) is 7.68. The molecular formula is C24H26FN3O2. The van der Waals surface area contributed by atoms with Crippen molar-refractivity contribution >= 4 is 0 Å². The standard InChI is InChI=1S/C24H26FN3O2/c1-18-7-5-14-27(18)15-6-16-30-23-12-10-19(17-21(23)25)22-11-13-24(29)28(26-22)20-8-3-2-4-9-20/h2-4,8-13,17-18H,5-7,14-16H2,1H3. The van der Waals surface area contributed by atoms with E-state index < -0.39 is 5.82 Å². The van der Waals surface area contributed by atoms with Crippen LogP contribution in [-0.4, -0.2) is 40.4 Å². The summed E-state index contributed by atoms with van der Waals surface area (Å²) in [6.45, 7) is 4.85. The van der Waals surface area contributed by atoms with Crippen molar-refractivity contribution in [3.63, 3.8) is 0 Å². The molecule has 1 saturated heterocycles. The molecule has 0 saturated carbocycles. The summed E-state index contributed by atoms with van der Waals surface area (Å²) in [4.78, 5) is 14.6. The van der Waals surface area contributed by atoms with E-state index >= 15 is 0 Å². The monoisotopic (exact) mass is 407 g/mol. The Morgan fingerprint density at radius 1 is 1.13 bits per heavy atom. The Balaban J connectivity index is 1.43. The number of hydrogen-bond acceptors (Lipinski definition) is 4. The fourth-order valence-corrected chi connectivity index (χ4v) is 3.87. The molecule has 2 heterocycles. The number of nitrogens with zero attached hydrogens (tertiary/aromatic N) is 3.